The third-order valence-corrected chi connectivity index (χ3v) is 3.77. The molecule has 0 saturated heterocycles. The summed E-state index contributed by atoms with van der Waals surface area (Å²) < 4.78 is 6.63. The Labute approximate surface area is 132 Å². The number of benzene rings is 1. The highest BCUT2D eigenvalue weighted by Crippen LogP contribution is 2.29. The standard InChI is InChI=1S/C14H15Cl2N3O2/c1-3-21-14(20)9-7-18-19(2)12(9)8-17-11-6-4-5-10(15)13(11)16/h4-7,17H,3,8H2,1-2H3. The number of rotatable bonds is 5. The molecule has 0 aliphatic heterocycles. The Morgan fingerprint density at radius 2 is 2.19 bits per heavy atom. The number of aryl methyl sites for hydroxylation is 1. The van der Waals surface area contributed by atoms with Crippen LogP contribution in [0.4, 0.5) is 5.69 Å². The summed E-state index contributed by atoms with van der Waals surface area (Å²) in [6.07, 6.45) is 1.49. The monoisotopic (exact) mass is 327 g/mol. The SMILES string of the molecule is CCOC(=O)c1cnn(C)c1CNc1cccc(Cl)c1Cl. The van der Waals surface area contributed by atoms with Crippen LogP contribution in [0.1, 0.15) is 23.0 Å². The minimum Gasteiger partial charge on any atom is -0.462 e. The number of nitrogens with zero attached hydrogens (tertiary/aromatic N) is 2. The van der Waals surface area contributed by atoms with E-state index in [-0.39, 0.29) is 5.97 Å². The van der Waals surface area contributed by atoms with Crippen LogP contribution in [0.5, 0.6) is 0 Å². The lowest BCUT2D eigenvalue weighted by molar-refractivity contribution is 0.0525. The highest BCUT2D eigenvalue weighted by atomic mass is 35.5. The van der Waals surface area contributed by atoms with Crippen LogP contribution in [0.15, 0.2) is 24.4 Å². The molecular formula is C14H15Cl2N3O2. The van der Waals surface area contributed by atoms with Crippen molar-refractivity contribution in [3.05, 3.63) is 45.7 Å². The maximum atomic E-state index is 11.9. The lowest BCUT2D eigenvalue weighted by atomic mass is 10.2. The second-order valence-corrected chi connectivity index (χ2v) is 5.09. The lowest BCUT2D eigenvalue weighted by Gasteiger charge is -2.11. The van der Waals surface area contributed by atoms with Crippen LogP contribution in [0.3, 0.4) is 0 Å². The number of carbonyl (C=O) groups is 1. The van der Waals surface area contributed by atoms with Crippen molar-refractivity contribution in [2.24, 2.45) is 7.05 Å². The fourth-order valence-corrected chi connectivity index (χ4v) is 2.24. The zero-order valence-corrected chi connectivity index (χ0v) is 13.2. The molecule has 0 fully saturated rings. The molecule has 0 saturated carbocycles. The Hall–Kier alpha value is -1.72. The van der Waals surface area contributed by atoms with E-state index in [2.05, 4.69) is 10.4 Å². The van der Waals surface area contributed by atoms with Gasteiger partial charge in [0.2, 0.25) is 0 Å². The Balaban J connectivity index is 2.18. The van der Waals surface area contributed by atoms with Crippen LogP contribution in [0, 0.1) is 0 Å². The van der Waals surface area contributed by atoms with E-state index in [9.17, 15) is 4.79 Å². The van der Waals surface area contributed by atoms with Gasteiger partial charge < -0.3 is 10.1 Å². The van der Waals surface area contributed by atoms with Gasteiger partial charge in [0.15, 0.2) is 0 Å². The van der Waals surface area contributed by atoms with E-state index in [0.29, 0.717) is 40.1 Å². The second-order valence-electron chi connectivity index (χ2n) is 4.30. The van der Waals surface area contributed by atoms with Gasteiger partial charge in [0, 0.05) is 7.05 Å². The van der Waals surface area contributed by atoms with Gasteiger partial charge in [-0.2, -0.15) is 5.10 Å². The van der Waals surface area contributed by atoms with Gasteiger partial charge in [-0.25, -0.2) is 4.79 Å². The average Bonchev–Trinajstić information content (AvgIpc) is 2.82. The molecule has 0 aliphatic rings. The van der Waals surface area contributed by atoms with E-state index in [1.54, 1.807) is 30.8 Å². The van der Waals surface area contributed by atoms with Gasteiger partial charge in [0.1, 0.15) is 5.56 Å². The number of ether oxygens (including phenoxy) is 1. The zero-order valence-electron chi connectivity index (χ0n) is 11.7. The quantitative estimate of drug-likeness (QED) is 0.854. The Bertz CT molecular complexity index is 656. The van der Waals surface area contributed by atoms with Crippen molar-refractivity contribution in [1.29, 1.82) is 0 Å². The summed E-state index contributed by atoms with van der Waals surface area (Å²) in [6.45, 7) is 2.46. The van der Waals surface area contributed by atoms with Crippen molar-refractivity contribution in [3.63, 3.8) is 0 Å². The van der Waals surface area contributed by atoms with Crippen molar-refractivity contribution in [2.45, 2.75) is 13.5 Å². The highest BCUT2D eigenvalue weighted by Gasteiger charge is 2.17. The molecule has 1 N–H and O–H groups in total. The molecule has 0 aliphatic carbocycles. The maximum absolute atomic E-state index is 11.9. The lowest BCUT2D eigenvalue weighted by Crippen LogP contribution is -2.12. The summed E-state index contributed by atoms with van der Waals surface area (Å²) >= 11 is 12.1. The van der Waals surface area contributed by atoms with Gasteiger partial charge in [-0.3, -0.25) is 4.68 Å². The molecule has 2 rings (SSSR count). The van der Waals surface area contributed by atoms with Crippen LogP contribution in [-0.2, 0) is 18.3 Å². The fraction of sp³-hybridized carbons (Fsp3) is 0.286. The van der Waals surface area contributed by atoms with E-state index in [1.165, 1.54) is 6.20 Å². The van der Waals surface area contributed by atoms with Gasteiger partial charge in [-0.05, 0) is 19.1 Å². The average molecular weight is 328 g/mol. The third kappa shape index (κ3) is 3.49. The number of hydrogen-bond acceptors (Lipinski definition) is 4. The minimum absolute atomic E-state index is 0.320. The predicted octanol–water partition coefficient (Wildman–Crippen LogP) is 3.52. The number of esters is 1. The summed E-state index contributed by atoms with van der Waals surface area (Å²) in [5, 5.41) is 8.15. The first-order valence-corrected chi connectivity index (χ1v) is 7.16. The molecule has 1 aromatic heterocycles. The summed E-state index contributed by atoms with van der Waals surface area (Å²) in [5.74, 6) is -0.389. The Morgan fingerprint density at radius 1 is 1.43 bits per heavy atom. The first kappa shape index (κ1) is 15.7. The second kappa shape index (κ2) is 6.83. The molecule has 1 aromatic carbocycles. The molecule has 0 amide bonds. The molecule has 112 valence electrons. The van der Waals surface area contributed by atoms with E-state index >= 15 is 0 Å². The molecule has 0 bridgehead atoms. The predicted molar refractivity (Wildman–Crippen MR) is 83.0 cm³/mol. The largest absolute Gasteiger partial charge is 0.462 e. The van der Waals surface area contributed by atoms with Gasteiger partial charge in [-0.15, -0.1) is 0 Å². The molecule has 0 spiro atoms. The number of aromatic nitrogens is 2. The number of anilines is 1. The normalized spacial score (nSPS) is 10.5. The van der Waals surface area contributed by atoms with Gasteiger partial charge >= 0.3 is 5.97 Å². The highest BCUT2D eigenvalue weighted by molar-refractivity contribution is 6.43. The Kier molecular flexibility index (Phi) is 5.09. The number of hydrogen-bond donors (Lipinski definition) is 1. The van der Waals surface area contributed by atoms with Crippen LogP contribution < -0.4 is 5.32 Å². The van der Waals surface area contributed by atoms with E-state index in [0.717, 1.165) is 0 Å². The van der Waals surface area contributed by atoms with Crippen molar-refractivity contribution < 1.29 is 9.53 Å². The molecular weight excluding hydrogens is 313 g/mol. The van der Waals surface area contributed by atoms with Crippen molar-refractivity contribution in [3.8, 4) is 0 Å². The number of halogens is 2. The molecule has 5 nitrogen and oxygen atoms in total. The summed E-state index contributed by atoms with van der Waals surface area (Å²) in [7, 11) is 1.76. The molecule has 0 radical (unpaired) electrons. The fourth-order valence-electron chi connectivity index (χ4n) is 1.87. The summed E-state index contributed by atoms with van der Waals surface area (Å²) in [5.41, 5.74) is 1.84. The van der Waals surface area contributed by atoms with Crippen LogP contribution >= 0.6 is 23.2 Å². The smallest absolute Gasteiger partial charge is 0.341 e. The van der Waals surface area contributed by atoms with Crippen molar-refractivity contribution in [2.75, 3.05) is 11.9 Å². The van der Waals surface area contributed by atoms with E-state index < -0.39 is 0 Å². The van der Waals surface area contributed by atoms with Crippen LogP contribution in [-0.4, -0.2) is 22.4 Å². The molecule has 2 aromatic rings. The van der Waals surface area contributed by atoms with Gasteiger partial charge in [-0.1, -0.05) is 29.3 Å². The Morgan fingerprint density at radius 3 is 2.90 bits per heavy atom. The molecule has 7 heteroatoms. The third-order valence-electron chi connectivity index (χ3n) is 2.95. The molecule has 0 atom stereocenters. The molecule has 21 heavy (non-hydrogen) atoms. The van der Waals surface area contributed by atoms with E-state index in [1.807, 2.05) is 6.07 Å². The van der Waals surface area contributed by atoms with Crippen molar-refractivity contribution in [1.82, 2.24) is 9.78 Å². The van der Waals surface area contributed by atoms with Crippen LogP contribution in [0.25, 0.3) is 0 Å². The minimum atomic E-state index is -0.389. The van der Waals surface area contributed by atoms with Crippen molar-refractivity contribution >= 4 is 34.9 Å². The first-order valence-electron chi connectivity index (χ1n) is 6.40. The van der Waals surface area contributed by atoms with Gasteiger partial charge in [0.05, 0.1) is 40.8 Å². The summed E-state index contributed by atoms with van der Waals surface area (Å²) in [4.78, 5) is 11.9. The number of carbonyl (C=O) groups excluding carboxylic acids is 1. The maximum Gasteiger partial charge on any atom is 0.341 e. The van der Waals surface area contributed by atoms with Gasteiger partial charge in [0.25, 0.3) is 0 Å². The molecule has 1 heterocycles. The molecule has 0 unspecified atom stereocenters. The number of nitrogens with one attached hydrogen (secondary N) is 1. The van der Waals surface area contributed by atoms with Crippen LogP contribution in [0.2, 0.25) is 10.0 Å². The topological polar surface area (TPSA) is 56.1 Å². The zero-order chi connectivity index (χ0) is 15.4. The first-order chi connectivity index (χ1) is 10.0. The van der Waals surface area contributed by atoms with E-state index in [4.69, 9.17) is 27.9 Å². The summed E-state index contributed by atoms with van der Waals surface area (Å²) in [6, 6.07) is 5.32.